The summed E-state index contributed by atoms with van der Waals surface area (Å²) in [5.41, 5.74) is 2.37. The van der Waals surface area contributed by atoms with Crippen molar-refractivity contribution < 1.29 is 4.57 Å². The van der Waals surface area contributed by atoms with Gasteiger partial charge in [0.25, 0.3) is 0 Å². The van der Waals surface area contributed by atoms with Crippen LogP contribution in [0.15, 0.2) is 48.5 Å². The maximum Gasteiger partial charge on any atom is 0.415 e. The van der Waals surface area contributed by atoms with Gasteiger partial charge in [0.2, 0.25) is 0 Å². The van der Waals surface area contributed by atoms with E-state index in [1.54, 1.807) is 0 Å². The Morgan fingerprint density at radius 2 is 1.05 bits per heavy atom. The summed E-state index contributed by atoms with van der Waals surface area (Å²) in [6.07, 6.45) is 0. The molecule has 1 nitrogen and oxygen atoms in total. The van der Waals surface area contributed by atoms with E-state index in [4.69, 9.17) is 0 Å². The Bertz CT molecular complexity index is 561. The fourth-order valence-corrected chi connectivity index (χ4v) is 4.29. The smallest absolute Gasteiger partial charge is 0.0617 e. The van der Waals surface area contributed by atoms with Gasteiger partial charge in [-0.1, -0.05) is 68.7 Å². The number of hydrogen-bond donors (Lipinski definition) is 0. The van der Waals surface area contributed by atoms with Crippen LogP contribution in [0.25, 0.3) is 0 Å². The molecule has 0 heterocycles. The lowest BCUT2D eigenvalue weighted by Crippen LogP contribution is -2.16. The van der Waals surface area contributed by atoms with E-state index in [9.17, 15) is 4.57 Å². The second kappa shape index (κ2) is 6.33. The maximum atomic E-state index is 13.0. The number of benzene rings is 2. The topological polar surface area (TPSA) is 17.1 Å². The van der Waals surface area contributed by atoms with Gasteiger partial charge in [0.1, 0.15) is 0 Å². The second-order valence-electron chi connectivity index (χ2n) is 5.72. The van der Waals surface area contributed by atoms with Gasteiger partial charge in [-0.2, -0.15) is 0 Å². The van der Waals surface area contributed by atoms with Gasteiger partial charge in [-0.25, -0.2) is 0 Å². The predicted octanol–water partition coefficient (Wildman–Crippen LogP) is 4.71. The first-order chi connectivity index (χ1) is 9.52. The van der Waals surface area contributed by atoms with Crippen LogP contribution in [0, 0.1) is 0 Å². The van der Waals surface area contributed by atoms with Crippen LogP contribution in [-0.2, 0) is 4.57 Å². The lowest BCUT2D eigenvalue weighted by atomic mass is 10.0. The molecule has 0 aliphatic carbocycles. The van der Waals surface area contributed by atoms with Crippen molar-refractivity contribution in [2.75, 3.05) is 0 Å². The molecule has 0 aliphatic rings. The van der Waals surface area contributed by atoms with Crippen LogP contribution in [-0.4, -0.2) is 0 Å². The Hall–Kier alpha value is -1.46. The van der Waals surface area contributed by atoms with Crippen molar-refractivity contribution in [3.63, 3.8) is 0 Å². The lowest BCUT2D eigenvalue weighted by Gasteiger charge is -2.08. The van der Waals surface area contributed by atoms with Crippen molar-refractivity contribution in [3.8, 4) is 0 Å². The molecule has 0 fully saturated rings. The largest absolute Gasteiger partial charge is 0.415 e. The summed E-state index contributed by atoms with van der Waals surface area (Å²) in [6.45, 7) is 8.60. The molecule has 0 bridgehead atoms. The first-order valence-electron chi connectivity index (χ1n) is 7.17. The van der Waals surface area contributed by atoms with Crippen LogP contribution in [0.3, 0.4) is 0 Å². The fraction of sp³-hybridized carbons (Fsp3) is 0.333. The van der Waals surface area contributed by atoms with Crippen LogP contribution in [0.1, 0.15) is 50.7 Å². The summed E-state index contributed by atoms with van der Waals surface area (Å²) in [4.78, 5) is 0. The zero-order valence-corrected chi connectivity index (χ0v) is 13.5. The number of hydrogen-bond acceptors (Lipinski definition) is 1. The quantitative estimate of drug-likeness (QED) is 0.743. The van der Waals surface area contributed by atoms with E-state index in [-0.39, 0.29) is 0 Å². The SMILES string of the molecule is CC(C)c1ccccc1[P+](=O)c1ccccc1C(C)C. The molecule has 0 aromatic heterocycles. The van der Waals surface area contributed by atoms with Crippen LogP contribution >= 0.6 is 7.80 Å². The van der Waals surface area contributed by atoms with Gasteiger partial charge < -0.3 is 0 Å². The Labute approximate surface area is 122 Å². The van der Waals surface area contributed by atoms with Crippen LogP contribution in [0.2, 0.25) is 0 Å². The minimum absolute atomic E-state index is 0.386. The average molecular weight is 285 g/mol. The highest BCUT2D eigenvalue weighted by molar-refractivity contribution is 7.61. The molecular weight excluding hydrogens is 263 g/mol. The molecular formula is C18H22OP+. The predicted molar refractivity (Wildman–Crippen MR) is 87.9 cm³/mol. The molecule has 0 saturated carbocycles. The highest BCUT2D eigenvalue weighted by Gasteiger charge is 2.30. The van der Waals surface area contributed by atoms with E-state index < -0.39 is 7.80 Å². The molecule has 20 heavy (non-hydrogen) atoms. The second-order valence-corrected chi connectivity index (χ2v) is 7.27. The normalized spacial score (nSPS) is 11.1. The van der Waals surface area contributed by atoms with E-state index in [1.807, 2.05) is 36.4 Å². The lowest BCUT2D eigenvalue weighted by molar-refractivity contribution is 0.597. The highest BCUT2D eigenvalue weighted by Crippen LogP contribution is 2.29. The molecule has 0 N–H and O–H groups in total. The molecule has 0 aliphatic heterocycles. The van der Waals surface area contributed by atoms with E-state index in [2.05, 4.69) is 39.8 Å². The third-order valence-corrected chi connectivity index (χ3v) is 5.24. The monoisotopic (exact) mass is 285 g/mol. The van der Waals surface area contributed by atoms with Crippen molar-refractivity contribution in [2.45, 2.75) is 39.5 Å². The molecule has 0 amide bonds. The van der Waals surface area contributed by atoms with E-state index in [0.29, 0.717) is 11.8 Å². The van der Waals surface area contributed by atoms with Crippen molar-refractivity contribution >= 4 is 18.4 Å². The van der Waals surface area contributed by atoms with Gasteiger partial charge in [-0.3, -0.25) is 0 Å². The summed E-state index contributed by atoms with van der Waals surface area (Å²) < 4.78 is 13.0. The zero-order chi connectivity index (χ0) is 14.7. The van der Waals surface area contributed by atoms with Gasteiger partial charge in [0.05, 0.1) is 0 Å². The Morgan fingerprint density at radius 1 is 0.700 bits per heavy atom. The van der Waals surface area contributed by atoms with Crippen molar-refractivity contribution in [1.29, 1.82) is 0 Å². The average Bonchev–Trinajstić information content (AvgIpc) is 2.46. The molecule has 0 unspecified atom stereocenters. The van der Waals surface area contributed by atoms with Crippen molar-refractivity contribution in [1.82, 2.24) is 0 Å². The van der Waals surface area contributed by atoms with Gasteiger partial charge >= 0.3 is 7.80 Å². The summed E-state index contributed by atoms with van der Waals surface area (Å²) in [7, 11) is -1.53. The first kappa shape index (κ1) is 14.9. The van der Waals surface area contributed by atoms with Gasteiger partial charge in [-0.15, -0.1) is 0 Å². The summed E-state index contributed by atoms with van der Waals surface area (Å²) in [5.74, 6) is 0.771. The van der Waals surface area contributed by atoms with Crippen molar-refractivity contribution in [2.24, 2.45) is 0 Å². The van der Waals surface area contributed by atoms with Crippen LogP contribution in [0.4, 0.5) is 0 Å². The molecule has 0 radical (unpaired) electrons. The van der Waals surface area contributed by atoms with Gasteiger partial charge in [0, 0.05) is 11.1 Å². The molecule has 104 valence electrons. The first-order valence-corrected chi connectivity index (χ1v) is 8.43. The molecule has 2 aromatic rings. The molecule has 0 saturated heterocycles. The number of rotatable bonds is 4. The molecule has 0 spiro atoms. The van der Waals surface area contributed by atoms with Crippen LogP contribution in [0.5, 0.6) is 0 Å². The molecule has 2 aromatic carbocycles. The zero-order valence-electron chi connectivity index (χ0n) is 12.6. The van der Waals surface area contributed by atoms with Gasteiger partial charge in [-0.05, 0) is 24.0 Å². The van der Waals surface area contributed by atoms with E-state index in [0.717, 1.165) is 10.6 Å². The fourth-order valence-electron chi connectivity index (χ4n) is 2.45. The Balaban J connectivity index is 2.53. The van der Waals surface area contributed by atoms with Gasteiger partial charge in [0.15, 0.2) is 10.6 Å². The molecule has 2 rings (SSSR count). The Morgan fingerprint density at radius 3 is 1.40 bits per heavy atom. The molecule has 0 atom stereocenters. The summed E-state index contributed by atoms with van der Waals surface area (Å²) in [6, 6.07) is 16.2. The van der Waals surface area contributed by atoms with Crippen molar-refractivity contribution in [3.05, 3.63) is 59.7 Å². The third kappa shape index (κ3) is 2.99. The standard InChI is InChI=1S/C18H22OP/c1-13(2)15-9-5-7-11-17(15)20(19)18-12-8-6-10-16(18)14(3)4/h5-14H,1-4H3/q+1. The minimum atomic E-state index is -1.53. The van der Waals surface area contributed by atoms with E-state index in [1.165, 1.54) is 11.1 Å². The molecule has 2 heteroatoms. The van der Waals surface area contributed by atoms with Crippen LogP contribution < -0.4 is 10.6 Å². The Kier molecular flexibility index (Phi) is 4.73. The third-order valence-electron chi connectivity index (χ3n) is 3.56. The van der Waals surface area contributed by atoms with E-state index >= 15 is 0 Å². The summed E-state index contributed by atoms with van der Waals surface area (Å²) >= 11 is 0. The summed E-state index contributed by atoms with van der Waals surface area (Å²) in [5, 5.41) is 1.95. The maximum absolute atomic E-state index is 13.0. The highest BCUT2D eigenvalue weighted by atomic mass is 31.1. The minimum Gasteiger partial charge on any atom is -0.0617 e.